The molecule has 52 heavy (non-hydrogen) atoms. The van der Waals surface area contributed by atoms with Crippen molar-refractivity contribution in [2.24, 2.45) is 0 Å². The van der Waals surface area contributed by atoms with E-state index in [2.05, 4.69) is 205 Å². The lowest BCUT2D eigenvalue weighted by atomic mass is 9.97. The zero-order valence-electron chi connectivity index (χ0n) is 28.4. The standard InChI is InChI=1S/C50H33NO/c1-2-12-34(13-3-1)35-24-29-39(30-25-35)51(40-31-26-38(27-32-40)42-20-10-16-36-14-4-6-17-41(36)42)47-23-9-8-19-44(47)45-21-11-22-46-49-43-18-7-5-15-37(43)28-33-48(49)52-50(45)46/h1-33H. The van der Waals surface area contributed by atoms with Crippen molar-refractivity contribution in [1.82, 2.24) is 0 Å². The number of nitrogens with zero attached hydrogens (tertiary/aromatic N) is 1. The van der Waals surface area contributed by atoms with Gasteiger partial charge in [0.15, 0.2) is 0 Å². The van der Waals surface area contributed by atoms with Crippen LogP contribution in [-0.4, -0.2) is 0 Å². The summed E-state index contributed by atoms with van der Waals surface area (Å²) in [5.41, 5.74) is 12.0. The second-order valence-corrected chi connectivity index (χ2v) is 13.3. The van der Waals surface area contributed by atoms with Crippen LogP contribution in [0.4, 0.5) is 17.1 Å². The van der Waals surface area contributed by atoms with E-state index in [-0.39, 0.29) is 0 Å². The number of anilines is 3. The Kier molecular flexibility index (Phi) is 7.18. The average Bonchev–Trinajstić information content (AvgIpc) is 3.62. The van der Waals surface area contributed by atoms with E-state index in [0.29, 0.717) is 0 Å². The van der Waals surface area contributed by atoms with Crippen LogP contribution in [0.15, 0.2) is 205 Å². The van der Waals surface area contributed by atoms with Crippen molar-refractivity contribution in [2.45, 2.75) is 0 Å². The van der Waals surface area contributed by atoms with Crippen LogP contribution in [0.1, 0.15) is 0 Å². The van der Waals surface area contributed by atoms with Crippen molar-refractivity contribution < 1.29 is 4.42 Å². The first-order chi connectivity index (χ1) is 25.8. The predicted octanol–water partition coefficient (Wildman–Crippen LogP) is 14.4. The molecule has 0 amide bonds. The highest BCUT2D eigenvalue weighted by atomic mass is 16.3. The molecule has 244 valence electrons. The summed E-state index contributed by atoms with van der Waals surface area (Å²) in [5, 5.41) is 7.19. The molecule has 0 atom stereocenters. The molecule has 9 aromatic carbocycles. The first-order valence-electron chi connectivity index (χ1n) is 17.8. The van der Waals surface area contributed by atoms with Crippen LogP contribution in [0.25, 0.3) is 76.9 Å². The first kappa shape index (κ1) is 30.0. The summed E-state index contributed by atoms with van der Waals surface area (Å²) in [5.74, 6) is 0. The smallest absolute Gasteiger partial charge is 0.143 e. The van der Waals surface area contributed by atoms with Gasteiger partial charge < -0.3 is 9.32 Å². The van der Waals surface area contributed by atoms with Gasteiger partial charge in [-0.15, -0.1) is 0 Å². The average molecular weight is 664 g/mol. The van der Waals surface area contributed by atoms with Gasteiger partial charge in [0.2, 0.25) is 0 Å². The maximum absolute atomic E-state index is 6.74. The van der Waals surface area contributed by atoms with E-state index < -0.39 is 0 Å². The lowest BCUT2D eigenvalue weighted by Gasteiger charge is -2.28. The highest BCUT2D eigenvalue weighted by Gasteiger charge is 2.21. The van der Waals surface area contributed by atoms with Gasteiger partial charge in [0.05, 0.1) is 5.69 Å². The van der Waals surface area contributed by atoms with Gasteiger partial charge in [-0.3, -0.25) is 0 Å². The Labute approximate surface area is 302 Å². The van der Waals surface area contributed by atoms with E-state index in [4.69, 9.17) is 4.42 Å². The van der Waals surface area contributed by atoms with Gasteiger partial charge in [-0.05, 0) is 80.2 Å². The van der Waals surface area contributed by atoms with Crippen molar-refractivity contribution in [3.63, 3.8) is 0 Å². The minimum atomic E-state index is 0.895. The molecular weight excluding hydrogens is 631 g/mol. The van der Waals surface area contributed by atoms with Crippen LogP contribution < -0.4 is 4.90 Å². The molecule has 2 nitrogen and oxygen atoms in total. The molecule has 0 unspecified atom stereocenters. The summed E-state index contributed by atoms with van der Waals surface area (Å²) < 4.78 is 6.74. The number of para-hydroxylation sites is 2. The molecule has 0 saturated heterocycles. The van der Waals surface area contributed by atoms with Gasteiger partial charge in [0.25, 0.3) is 0 Å². The second-order valence-electron chi connectivity index (χ2n) is 13.3. The molecule has 0 saturated carbocycles. The number of hydrogen-bond acceptors (Lipinski definition) is 2. The largest absolute Gasteiger partial charge is 0.455 e. The third-order valence-electron chi connectivity index (χ3n) is 10.3. The van der Waals surface area contributed by atoms with E-state index in [0.717, 1.165) is 50.1 Å². The minimum absolute atomic E-state index is 0.895. The molecule has 0 aliphatic rings. The summed E-state index contributed by atoms with van der Waals surface area (Å²) in [7, 11) is 0. The molecular formula is C50H33NO. The summed E-state index contributed by atoms with van der Waals surface area (Å²) in [4.78, 5) is 2.37. The molecule has 0 aliphatic carbocycles. The van der Waals surface area contributed by atoms with Gasteiger partial charge >= 0.3 is 0 Å². The highest BCUT2D eigenvalue weighted by molar-refractivity contribution is 6.21. The first-order valence-corrected chi connectivity index (χ1v) is 17.8. The highest BCUT2D eigenvalue weighted by Crippen LogP contribution is 2.45. The van der Waals surface area contributed by atoms with Crippen LogP contribution in [0, 0.1) is 0 Å². The SMILES string of the molecule is c1ccc(-c2ccc(N(c3ccc(-c4cccc5ccccc45)cc3)c3ccccc3-c3cccc4c3oc3ccc5ccccc5c34)cc2)cc1. The summed E-state index contributed by atoms with van der Waals surface area (Å²) in [6.07, 6.45) is 0. The van der Waals surface area contributed by atoms with E-state index in [9.17, 15) is 0 Å². The number of furan rings is 1. The van der Waals surface area contributed by atoms with Gasteiger partial charge in [0.1, 0.15) is 11.2 Å². The van der Waals surface area contributed by atoms with Gasteiger partial charge in [-0.1, -0.05) is 164 Å². The molecule has 0 N–H and O–H groups in total. The second kappa shape index (κ2) is 12.5. The van der Waals surface area contributed by atoms with Crippen LogP contribution in [0.2, 0.25) is 0 Å². The van der Waals surface area contributed by atoms with Gasteiger partial charge in [0, 0.05) is 33.3 Å². The molecule has 10 rings (SSSR count). The quantitative estimate of drug-likeness (QED) is 0.176. The topological polar surface area (TPSA) is 16.4 Å². The maximum Gasteiger partial charge on any atom is 0.143 e. The number of rotatable bonds is 6. The molecule has 0 bridgehead atoms. The van der Waals surface area contributed by atoms with Crippen molar-refractivity contribution in [2.75, 3.05) is 4.90 Å². The van der Waals surface area contributed by atoms with Crippen LogP contribution in [0.3, 0.4) is 0 Å². The van der Waals surface area contributed by atoms with E-state index in [1.807, 2.05) is 0 Å². The molecule has 0 fully saturated rings. The van der Waals surface area contributed by atoms with Crippen LogP contribution >= 0.6 is 0 Å². The van der Waals surface area contributed by atoms with Crippen molar-refractivity contribution >= 4 is 60.5 Å². The maximum atomic E-state index is 6.74. The zero-order valence-corrected chi connectivity index (χ0v) is 28.4. The minimum Gasteiger partial charge on any atom is -0.455 e. The number of fused-ring (bicyclic) bond motifs is 6. The third kappa shape index (κ3) is 5.04. The Hall–Kier alpha value is -6.90. The molecule has 10 aromatic rings. The van der Waals surface area contributed by atoms with Crippen molar-refractivity contribution in [3.8, 4) is 33.4 Å². The van der Waals surface area contributed by atoms with Crippen LogP contribution in [-0.2, 0) is 0 Å². The Bertz CT molecular complexity index is 2880. The molecule has 0 aliphatic heterocycles. The van der Waals surface area contributed by atoms with Crippen LogP contribution in [0.5, 0.6) is 0 Å². The molecule has 1 aromatic heterocycles. The molecule has 0 radical (unpaired) electrons. The van der Waals surface area contributed by atoms with E-state index in [1.54, 1.807) is 0 Å². The summed E-state index contributed by atoms with van der Waals surface area (Å²) in [6, 6.07) is 71.6. The molecule has 1 heterocycles. The molecule has 0 spiro atoms. The lowest BCUT2D eigenvalue weighted by molar-refractivity contribution is 0.670. The van der Waals surface area contributed by atoms with E-state index in [1.165, 1.54) is 43.8 Å². The number of hydrogen-bond donors (Lipinski definition) is 0. The fraction of sp³-hybridized carbons (Fsp3) is 0. The van der Waals surface area contributed by atoms with E-state index >= 15 is 0 Å². The Balaban J connectivity index is 1.15. The van der Waals surface area contributed by atoms with Gasteiger partial charge in [-0.25, -0.2) is 0 Å². The predicted molar refractivity (Wildman–Crippen MR) is 220 cm³/mol. The third-order valence-corrected chi connectivity index (χ3v) is 10.3. The van der Waals surface area contributed by atoms with Crippen molar-refractivity contribution in [3.05, 3.63) is 200 Å². The lowest BCUT2D eigenvalue weighted by Crippen LogP contribution is -2.11. The van der Waals surface area contributed by atoms with Gasteiger partial charge in [-0.2, -0.15) is 0 Å². The summed E-state index contributed by atoms with van der Waals surface area (Å²) in [6.45, 7) is 0. The fourth-order valence-corrected chi connectivity index (χ4v) is 7.80. The Morgan fingerprint density at radius 2 is 0.865 bits per heavy atom. The monoisotopic (exact) mass is 663 g/mol. The number of benzene rings is 9. The zero-order chi connectivity index (χ0) is 34.4. The summed E-state index contributed by atoms with van der Waals surface area (Å²) >= 11 is 0. The Morgan fingerprint density at radius 1 is 0.327 bits per heavy atom. The molecule has 2 heteroatoms. The normalized spacial score (nSPS) is 11.5. The fourth-order valence-electron chi connectivity index (χ4n) is 7.80. The Morgan fingerprint density at radius 3 is 1.65 bits per heavy atom. The van der Waals surface area contributed by atoms with Crippen molar-refractivity contribution in [1.29, 1.82) is 0 Å².